The second-order valence-electron chi connectivity index (χ2n) is 11.2. The molecular weight excluding hydrogens is 475 g/mol. The molecular formula is C25H34F3N5O3. The summed E-state index contributed by atoms with van der Waals surface area (Å²) in [4.78, 5) is 37.1. The van der Waals surface area contributed by atoms with Crippen molar-refractivity contribution in [1.29, 1.82) is 0 Å². The van der Waals surface area contributed by atoms with E-state index in [0.717, 1.165) is 31.7 Å². The van der Waals surface area contributed by atoms with Crippen LogP contribution in [0.15, 0.2) is 12.3 Å². The van der Waals surface area contributed by atoms with Gasteiger partial charge in [0.2, 0.25) is 11.8 Å². The number of hydrogen-bond acceptors (Lipinski definition) is 4. The maximum atomic E-state index is 14.0. The van der Waals surface area contributed by atoms with Crippen LogP contribution in [0.1, 0.15) is 75.9 Å². The number of halogens is 3. The predicted molar refractivity (Wildman–Crippen MR) is 126 cm³/mol. The molecule has 8 nitrogen and oxygen atoms in total. The lowest BCUT2D eigenvalue weighted by atomic mass is 9.51. The van der Waals surface area contributed by atoms with Crippen LogP contribution in [0.5, 0.6) is 0 Å². The number of carbonyl (C=O) groups is 3. The van der Waals surface area contributed by atoms with Crippen LogP contribution >= 0.6 is 0 Å². The Morgan fingerprint density at radius 1 is 1.17 bits per heavy atom. The van der Waals surface area contributed by atoms with Crippen molar-refractivity contribution >= 4 is 23.9 Å². The number of alkyl halides is 3. The second-order valence-corrected chi connectivity index (χ2v) is 11.2. The van der Waals surface area contributed by atoms with Crippen molar-refractivity contribution < 1.29 is 27.6 Å². The number of nitrogens with one attached hydrogen (secondary N) is 3. The Hall–Kier alpha value is -2.85. The Kier molecular flexibility index (Phi) is 6.72. The lowest BCUT2D eigenvalue weighted by Crippen LogP contribution is -2.66. The summed E-state index contributed by atoms with van der Waals surface area (Å²) in [5.74, 6) is -0.559. The topological polar surface area (TPSA) is 105 Å². The molecule has 0 aliphatic heterocycles. The van der Waals surface area contributed by atoms with Crippen molar-refractivity contribution in [3.63, 3.8) is 0 Å². The molecule has 5 rings (SSSR count). The van der Waals surface area contributed by atoms with Crippen molar-refractivity contribution in [3.8, 4) is 0 Å². The quantitative estimate of drug-likeness (QED) is 0.524. The smallest absolute Gasteiger partial charge is 0.356 e. The number of hydrogen-bond donors (Lipinski definition) is 3. The summed E-state index contributed by atoms with van der Waals surface area (Å²) in [5.41, 5.74) is -3.07. The number of carbonyl (C=O) groups excluding carboxylic acids is 3. The van der Waals surface area contributed by atoms with Gasteiger partial charge in [-0.2, -0.15) is 18.3 Å². The number of nitrogens with zero attached hydrogens (tertiary/aromatic N) is 2. The third-order valence-electron chi connectivity index (χ3n) is 7.88. The van der Waals surface area contributed by atoms with Gasteiger partial charge in [0, 0.05) is 31.2 Å². The van der Waals surface area contributed by atoms with E-state index in [1.54, 1.807) is 20.8 Å². The van der Waals surface area contributed by atoms with E-state index in [-0.39, 0.29) is 35.2 Å². The van der Waals surface area contributed by atoms with E-state index in [0.29, 0.717) is 30.0 Å². The van der Waals surface area contributed by atoms with Crippen molar-refractivity contribution in [2.45, 2.75) is 77.6 Å². The molecule has 0 aromatic carbocycles. The van der Waals surface area contributed by atoms with Gasteiger partial charge in [-0.05, 0) is 70.6 Å². The molecule has 0 saturated heterocycles. The van der Waals surface area contributed by atoms with Crippen LogP contribution in [0.3, 0.4) is 0 Å². The zero-order chi connectivity index (χ0) is 26.5. The first-order chi connectivity index (χ1) is 16.7. The Morgan fingerprint density at radius 3 is 2.36 bits per heavy atom. The maximum Gasteiger partial charge on any atom is 0.434 e. The summed E-state index contributed by atoms with van der Waals surface area (Å²) in [5, 5.41) is 12.5. The third kappa shape index (κ3) is 5.01. The minimum atomic E-state index is -4.83. The number of amides is 3. The van der Waals surface area contributed by atoms with Crippen molar-refractivity contribution in [2.24, 2.45) is 23.2 Å². The monoisotopic (exact) mass is 509 g/mol. The molecule has 4 aliphatic carbocycles. The van der Waals surface area contributed by atoms with Crippen molar-refractivity contribution in [3.05, 3.63) is 23.5 Å². The van der Waals surface area contributed by atoms with Crippen molar-refractivity contribution in [1.82, 2.24) is 25.7 Å². The molecule has 11 heteroatoms. The summed E-state index contributed by atoms with van der Waals surface area (Å²) in [7, 11) is 0. The molecule has 0 spiro atoms. The van der Waals surface area contributed by atoms with Crippen LogP contribution < -0.4 is 16.0 Å². The first-order valence-electron chi connectivity index (χ1n) is 12.5. The van der Waals surface area contributed by atoms with Gasteiger partial charge in [-0.15, -0.1) is 0 Å². The fourth-order valence-corrected chi connectivity index (χ4v) is 6.66. The lowest BCUT2D eigenvalue weighted by molar-refractivity contribution is -0.142. The minimum Gasteiger partial charge on any atom is -0.356 e. The van der Waals surface area contributed by atoms with Gasteiger partial charge in [-0.3, -0.25) is 14.4 Å². The molecule has 0 radical (unpaired) electrons. The van der Waals surface area contributed by atoms with Crippen LogP contribution in [-0.2, 0) is 15.8 Å². The molecule has 2 unspecified atom stereocenters. The Balaban J connectivity index is 1.55. The van der Waals surface area contributed by atoms with E-state index in [2.05, 4.69) is 21.0 Å². The minimum absolute atomic E-state index is 0.0804. The van der Waals surface area contributed by atoms with Gasteiger partial charge in [0.05, 0.1) is 17.2 Å². The van der Waals surface area contributed by atoms with E-state index in [1.807, 2.05) is 0 Å². The first-order valence-corrected chi connectivity index (χ1v) is 12.5. The largest absolute Gasteiger partial charge is 0.434 e. The molecule has 4 saturated carbocycles. The zero-order valence-corrected chi connectivity index (χ0v) is 21.0. The predicted octanol–water partition coefficient (Wildman–Crippen LogP) is 3.35. The van der Waals surface area contributed by atoms with E-state index in [1.165, 1.54) is 13.0 Å². The molecule has 1 aromatic rings. The van der Waals surface area contributed by atoms with Gasteiger partial charge in [0.15, 0.2) is 5.69 Å². The molecule has 36 heavy (non-hydrogen) atoms. The molecule has 3 N–H and O–H groups in total. The standard InChI is InChI=1S/C25H34F3N5O3/c1-5-29-22(36)23(3,4)6-7-33-20(25(26,27)28)18(13-30-33)21(35)31-19-16-8-15-9-17(19)12-24(10-15,11-16)32-14(2)34/h6-7,13,15-17,19H,5,8-12H2,1-4H3,(H,29,36)(H,31,35)(H,32,34)/b7-6+/t15?,16?,17?,19-,24-. The molecule has 1 heterocycles. The summed E-state index contributed by atoms with van der Waals surface area (Å²) in [6.45, 7) is 6.81. The van der Waals surface area contributed by atoms with Gasteiger partial charge in [-0.25, -0.2) is 4.68 Å². The Bertz CT molecular complexity index is 1060. The molecule has 2 atom stereocenters. The number of aromatic nitrogens is 2. The molecule has 4 fully saturated rings. The fourth-order valence-electron chi connectivity index (χ4n) is 6.66. The molecule has 198 valence electrons. The normalized spacial score (nSPS) is 29.4. The van der Waals surface area contributed by atoms with E-state index in [9.17, 15) is 27.6 Å². The summed E-state index contributed by atoms with van der Waals surface area (Å²) >= 11 is 0. The van der Waals surface area contributed by atoms with E-state index < -0.39 is 28.8 Å². The van der Waals surface area contributed by atoms with E-state index >= 15 is 0 Å². The number of rotatable bonds is 7. The Morgan fingerprint density at radius 2 is 1.81 bits per heavy atom. The van der Waals surface area contributed by atoms with Crippen LogP contribution in [0.25, 0.3) is 6.20 Å². The summed E-state index contributed by atoms with van der Waals surface area (Å²) < 4.78 is 42.7. The van der Waals surface area contributed by atoms with Gasteiger partial charge in [0.1, 0.15) is 0 Å². The third-order valence-corrected chi connectivity index (χ3v) is 7.88. The second kappa shape index (κ2) is 9.23. The lowest BCUT2D eigenvalue weighted by Gasteiger charge is -2.60. The van der Waals surface area contributed by atoms with Crippen LogP contribution in [0.2, 0.25) is 0 Å². The van der Waals surface area contributed by atoms with Crippen molar-refractivity contribution in [2.75, 3.05) is 6.54 Å². The highest BCUT2D eigenvalue weighted by Crippen LogP contribution is 2.55. The van der Waals surface area contributed by atoms with Gasteiger partial charge in [-0.1, -0.05) is 6.08 Å². The van der Waals surface area contributed by atoms with Gasteiger partial charge in [0.25, 0.3) is 5.91 Å². The highest BCUT2D eigenvalue weighted by molar-refractivity contribution is 5.95. The van der Waals surface area contributed by atoms with E-state index in [4.69, 9.17) is 0 Å². The molecule has 4 aliphatic rings. The van der Waals surface area contributed by atoms with Crippen LogP contribution in [-0.4, -0.2) is 45.6 Å². The fraction of sp³-hybridized carbons (Fsp3) is 0.680. The Labute approximate surface area is 208 Å². The molecule has 1 aromatic heterocycles. The summed E-state index contributed by atoms with van der Waals surface area (Å²) in [6.07, 6.45) is 2.65. The highest BCUT2D eigenvalue weighted by Gasteiger charge is 2.56. The highest BCUT2D eigenvalue weighted by atomic mass is 19.4. The SMILES string of the molecule is CCNC(=O)C(C)(C)/C=C/n1ncc(C(=O)N[C@H]2C3CC4CC2C[C@](NC(C)=O)(C4)C3)c1C(F)(F)F. The molecule has 3 amide bonds. The maximum absolute atomic E-state index is 14.0. The average Bonchev–Trinajstić information content (AvgIpc) is 3.18. The zero-order valence-electron chi connectivity index (χ0n) is 21.0. The summed E-state index contributed by atoms with van der Waals surface area (Å²) in [6, 6.07) is -0.243. The van der Waals surface area contributed by atoms with Crippen LogP contribution in [0.4, 0.5) is 13.2 Å². The first kappa shape index (κ1) is 26.2. The van der Waals surface area contributed by atoms with Crippen LogP contribution in [0, 0.1) is 23.2 Å². The van der Waals surface area contributed by atoms with Gasteiger partial charge < -0.3 is 16.0 Å². The molecule has 4 bridgehead atoms. The average molecular weight is 510 g/mol. The van der Waals surface area contributed by atoms with Gasteiger partial charge >= 0.3 is 6.18 Å².